The van der Waals surface area contributed by atoms with E-state index in [-0.39, 0.29) is 23.8 Å². The van der Waals surface area contributed by atoms with E-state index in [0.717, 1.165) is 5.56 Å². The Kier molecular flexibility index (Phi) is 5.40. The minimum atomic E-state index is -5.57. The van der Waals surface area contributed by atoms with Crippen LogP contribution in [0, 0.1) is 5.92 Å². The van der Waals surface area contributed by atoms with Gasteiger partial charge in [0.25, 0.3) is 0 Å². The second kappa shape index (κ2) is 7.89. The van der Waals surface area contributed by atoms with Gasteiger partial charge in [-0.2, -0.15) is 26.7 Å². The van der Waals surface area contributed by atoms with Crippen molar-refractivity contribution < 1.29 is 31.4 Å². The Hall–Kier alpha value is -3.05. The molecule has 0 fully saturated rings. The number of rotatable bonds is 5. The quantitative estimate of drug-likeness (QED) is 0.547. The number of benzene rings is 2. The SMILES string of the molecule is O=S(=O)(Nc1ccccc1-c1ccc2c(c1)OCC(Cc1cn[nH]c1)C2O)C(F)(F)F. The predicted molar refractivity (Wildman–Crippen MR) is 107 cm³/mol. The first kappa shape index (κ1) is 21.2. The highest BCUT2D eigenvalue weighted by molar-refractivity contribution is 7.93. The molecule has 31 heavy (non-hydrogen) atoms. The van der Waals surface area contributed by atoms with Crippen molar-refractivity contribution in [1.29, 1.82) is 0 Å². The van der Waals surface area contributed by atoms with Gasteiger partial charge in [0.05, 0.1) is 24.6 Å². The number of aromatic amines is 1. The van der Waals surface area contributed by atoms with Crippen molar-refractivity contribution in [2.75, 3.05) is 11.3 Å². The summed E-state index contributed by atoms with van der Waals surface area (Å²) in [6.45, 7) is 0.241. The van der Waals surface area contributed by atoms with Crippen molar-refractivity contribution in [1.82, 2.24) is 10.2 Å². The van der Waals surface area contributed by atoms with Crippen molar-refractivity contribution in [2.24, 2.45) is 5.92 Å². The fourth-order valence-corrected chi connectivity index (χ4v) is 4.09. The van der Waals surface area contributed by atoms with Gasteiger partial charge >= 0.3 is 15.5 Å². The number of hydrogen-bond donors (Lipinski definition) is 3. The summed E-state index contributed by atoms with van der Waals surface area (Å²) in [7, 11) is -5.57. The summed E-state index contributed by atoms with van der Waals surface area (Å²) in [6.07, 6.45) is 3.17. The molecule has 3 aromatic rings. The molecule has 2 unspecified atom stereocenters. The van der Waals surface area contributed by atoms with E-state index in [9.17, 15) is 26.7 Å². The number of aliphatic hydroxyl groups excluding tert-OH is 1. The Morgan fingerprint density at radius 3 is 2.71 bits per heavy atom. The van der Waals surface area contributed by atoms with Gasteiger partial charge in [-0.15, -0.1) is 0 Å². The number of ether oxygens (including phenoxy) is 1. The number of nitrogens with zero attached hydrogens (tertiary/aromatic N) is 1. The van der Waals surface area contributed by atoms with Crippen LogP contribution in [0.5, 0.6) is 5.75 Å². The highest BCUT2D eigenvalue weighted by Gasteiger charge is 2.46. The first-order valence-electron chi connectivity index (χ1n) is 9.26. The lowest BCUT2D eigenvalue weighted by Crippen LogP contribution is -2.30. The molecule has 2 atom stereocenters. The van der Waals surface area contributed by atoms with E-state index in [1.165, 1.54) is 18.2 Å². The van der Waals surface area contributed by atoms with Gasteiger partial charge in [0.2, 0.25) is 0 Å². The maximum absolute atomic E-state index is 12.8. The molecule has 1 aliphatic heterocycles. The molecule has 2 heterocycles. The lowest BCUT2D eigenvalue weighted by atomic mass is 9.88. The number of H-pyrrole nitrogens is 1. The van der Waals surface area contributed by atoms with Gasteiger partial charge in [-0.05, 0) is 29.7 Å². The molecule has 164 valence electrons. The second-order valence-corrected chi connectivity index (χ2v) is 8.85. The summed E-state index contributed by atoms with van der Waals surface area (Å²) in [4.78, 5) is 0. The summed E-state index contributed by atoms with van der Waals surface area (Å²) in [5, 5.41) is 17.4. The topological polar surface area (TPSA) is 104 Å². The summed E-state index contributed by atoms with van der Waals surface area (Å²) in [5.74, 6) is 0.198. The lowest BCUT2D eigenvalue weighted by molar-refractivity contribution is -0.0429. The van der Waals surface area contributed by atoms with Gasteiger partial charge in [-0.3, -0.25) is 9.82 Å². The van der Waals surface area contributed by atoms with E-state index in [2.05, 4.69) is 10.2 Å². The maximum Gasteiger partial charge on any atom is 0.516 e. The van der Waals surface area contributed by atoms with Crippen molar-refractivity contribution in [3.05, 3.63) is 66.0 Å². The van der Waals surface area contributed by atoms with Crippen LogP contribution >= 0.6 is 0 Å². The third-order valence-electron chi connectivity index (χ3n) is 5.07. The smallest absolute Gasteiger partial charge is 0.493 e. The van der Waals surface area contributed by atoms with E-state index < -0.39 is 21.6 Å². The van der Waals surface area contributed by atoms with Gasteiger partial charge in [0.15, 0.2) is 0 Å². The van der Waals surface area contributed by atoms with Crippen LogP contribution in [0.15, 0.2) is 54.9 Å². The monoisotopic (exact) mass is 453 g/mol. The largest absolute Gasteiger partial charge is 0.516 e. The molecule has 0 aliphatic carbocycles. The number of fused-ring (bicyclic) bond motifs is 1. The number of para-hydroxylation sites is 1. The zero-order chi connectivity index (χ0) is 22.2. The predicted octanol–water partition coefficient (Wildman–Crippen LogP) is 3.62. The third-order valence-corrected chi connectivity index (χ3v) is 6.17. The van der Waals surface area contributed by atoms with Gasteiger partial charge in [-0.25, -0.2) is 0 Å². The van der Waals surface area contributed by atoms with E-state index in [1.54, 1.807) is 41.4 Å². The van der Waals surface area contributed by atoms with E-state index in [1.807, 2.05) is 0 Å². The highest BCUT2D eigenvalue weighted by atomic mass is 32.2. The van der Waals surface area contributed by atoms with Crippen LogP contribution in [0.4, 0.5) is 18.9 Å². The molecule has 4 rings (SSSR count). The molecule has 1 aliphatic rings. The molecule has 0 amide bonds. The van der Waals surface area contributed by atoms with Gasteiger partial charge in [0, 0.05) is 23.2 Å². The molecular formula is C20H18F3N3O4S. The molecule has 0 saturated carbocycles. The number of nitrogens with one attached hydrogen (secondary N) is 2. The molecule has 11 heteroatoms. The Balaban J connectivity index is 1.62. The minimum absolute atomic E-state index is 0.193. The molecule has 2 aromatic carbocycles. The number of hydrogen-bond acceptors (Lipinski definition) is 5. The fraction of sp³-hybridized carbons (Fsp3) is 0.250. The lowest BCUT2D eigenvalue weighted by Gasteiger charge is -2.30. The molecule has 0 spiro atoms. The summed E-state index contributed by atoms with van der Waals surface area (Å²) in [5.41, 5.74) is -3.48. The number of sulfonamides is 1. The Bertz CT molecular complexity index is 1180. The van der Waals surface area contributed by atoms with E-state index in [0.29, 0.717) is 23.3 Å². The molecule has 0 bridgehead atoms. The first-order valence-corrected chi connectivity index (χ1v) is 10.7. The van der Waals surface area contributed by atoms with Crippen molar-refractivity contribution in [3.63, 3.8) is 0 Å². The molecule has 0 saturated heterocycles. The molecule has 0 radical (unpaired) electrons. The number of alkyl halides is 3. The zero-order valence-electron chi connectivity index (χ0n) is 15.9. The van der Waals surface area contributed by atoms with Crippen LogP contribution in [0.3, 0.4) is 0 Å². The van der Waals surface area contributed by atoms with Crippen LogP contribution in [0.25, 0.3) is 11.1 Å². The number of anilines is 1. The van der Waals surface area contributed by atoms with Gasteiger partial charge in [0.1, 0.15) is 5.75 Å². The highest BCUT2D eigenvalue weighted by Crippen LogP contribution is 2.40. The van der Waals surface area contributed by atoms with Crippen LogP contribution in [-0.2, 0) is 16.4 Å². The van der Waals surface area contributed by atoms with E-state index >= 15 is 0 Å². The van der Waals surface area contributed by atoms with Crippen LogP contribution in [-0.4, -0.2) is 35.8 Å². The van der Waals surface area contributed by atoms with Crippen molar-refractivity contribution in [3.8, 4) is 16.9 Å². The van der Waals surface area contributed by atoms with Crippen LogP contribution in [0.1, 0.15) is 17.2 Å². The average molecular weight is 453 g/mol. The summed E-state index contributed by atoms with van der Waals surface area (Å²) < 4.78 is 68.9. The van der Waals surface area contributed by atoms with E-state index in [4.69, 9.17) is 4.74 Å². The zero-order valence-corrected chi connectivity index (χ0v) is 16.7. The molecule has 7 nitrogen and oxygen atoms in total. The Morgan fingerprint density at radius 1 is 1.23 bits per heavy atom. The molecule has 3 N–H and O–H groups in total. The third kappa shape index (κ3) is 4.23. The van der Waals surface area contributed by atoms with Gasteiger partial charge in [-0.1, -0.05) is 30.3 Å². The minimum Gasteiger partial charge on any atom is -0.493 e. The first-order chi connectivity index (χ1) is 14.7. The van der Waals surface area contributed by atoms with Crippen LogP contribution in [0.2, 0.25) is 0 Å². The Morgan fingerprint density at radius 2 is 2.00 bits per heavy atom. The Labute approximate surface area is 175 Å². The van der Waals surface area contributed by atoms with Crippen molar-refractivity contribution >= 4 is 15.7 Å². The summed E-state index contributed by atoms with van der Waals surface area (Å²) >= 11 is 0. The molecular weight excluding hydrogens is 435 g/mol. The second-order valence-electron chi connectivity index (χ2n) is 7.18. The average Bonchev–Trinajstić information content (AvgIpc) is 3.22. The standard InChI is InChI=1S/C20H18F3N3O4S/c21-20(22,23)31(28,29)26-17-4-2-1-3-15(17)13-5-6-16-18(8-13)30-11-14(19(16)27)7-12-9-24-25-10-12/h1-6,8-10,14,19,26-27H,7,11H2,(H,24,25). The molecule has 1 aromatic heterocycles. The summed E-state index contributed by atoms with van der Waals surface area (Å²) in [6, 6.07) is 10.6. The van der Waals surface area contributed by atoms with Gasteiger partial charge < -0.3 is 9.84 Å². The fourth-order valence-electron chi connectivity index (χ4n) is 3.50. The normalized spacial score (nSPS) is 18.8. The number of aromatic nitrogens is 2. The van der Waals surface area contributed by atoms with Crippen LogP contribution < -0.4 is 9.46 Å². The van der Waals surface area contributed by atoms with Crippen molar-refractivity contribution in [2.45, 2.75) is 18.0 Å². The maximum atomic E-state index is 12.8. The number of halogens is 3. The number of aliphatic hydroxyl groups is 1.